The smallest absolute Gasteiger partial charge is 0.0931 e. The highest BCUT2D eigenvalue weighted by molar-refractivity contribution is 7.16. The highest BCUT2D eigenvalue weighted by Gasteiger charge is 2.26. The zero-order valence-corrected chi connectivity index (χ0v) is 15.0. The number of fused-ring (bicyclic) bond motifs is 1. The first-order valence-corrected chi connectivity index (χ1v) is 9.56. The molecular weight excluding hydrogens is 338 g/mol. The summed E-state index contributed by atoms with van der Waals surface area (Å²) in [4.78, 5) is 8.76. The minimum atomic E-state index is 0.173. The number of benzene rings is 1. The average molecular weight is 358 g/mol. The maximum absolute atomic E-state index is 6.23. The number of nitrogens with one attached hydrogen (secondary N) is 1. The molecule has 0 amide bonds. The van der Waals surface area contributed by atoms with Crippen LogP contribution in [0.15, 0.2) is 48.5 Å². The normalized spacial score (nSPS) is 17.7. The van der Waals surface area contributed by atoms with Crippen molar-refractivity contribution in [3.63, 3.8) is 0 Å². The molecule has 4 rings (SSSR count). The van der Waals surface area contributed by atoms with Gasteiger partial charge in [0.25, 0.3) is 0 Å². The van der Waals surface area contributed by atoms with Crippen molar-refractivity contribution in [2.45, 2.75) is 12.5 Å². The number of hydrogen-bond donors (Lipinski definition) is 1. The van der Waals surface area contributed by atoms with Crippen molar-refractivity contribution in [3.05, 3.63) is 63.4 Å². The average Bonchev–Trinajstić information content (AvgIpc) is 2.86. The first-order valence-electron chi connectivity index (χ1n) is 8.37. The van der Waals surface area contributed by atoms with E-state index >= 15 is 0 Å². The van der Waals surface area contributed by atoms with E-state index in [-0.39, 0.29) is 6.04 Å². The Hall–Kier alpha value is -1.46. The fraction of sp³-hybridized carbons (Fsp3) is 0.316. The SMILES string of the molecule is Clc1ccc(C(c2ccc3ccccc3n2)N2CCCNCC2)s1. The maximum Gasteiger partial charge on any atom is 0.0931 e. The number of aromatic nitrogens is 1. The summed E-state index contributed by atoms with van der Waals surface area (Å²) in [5.74, 6) is 0. The highest BCUT2D eigenvalue weighted by atomic mass is 35.5. The minimum absolute atomic E-state index is 0.173. The molecule has 1 atom stereocenters. The van der Waals surface area contributed by atoms with Gasteiger partial charge >= 0.3 is 0 Å². The molecule has 124 valence electrons. The Balaban J connectivity index is 1.77. The van der Waals surface area contributed by atoms with Crippen LogP contribution in [0.25, 0.3) is 10.9 Å². The summed E-state index contributed by atoms with van der Waals surface area (Å²) in [5.41, 5.74) is 2.16. The van der Waals surface area contributed by atoms with E-state index in [1.54, 1.807) is 11.3 Å². The van der Waals surface area contributed by atoms with Crippen LogP contribution in [0.2, 0.25) is 4.34 Å². The third-order valence-corrected chi connectivity index (χ3v) is 5.79. The van der Waals surface area contributed by atoms with Gasteiger partial charge < -0.3 is 5.32 Å². The summed E-state index contributed by atoms with van der Waals surface area (Å²) in [7, 11) is 0. The van der Waals surface area contributed by atoms with Gasteiger partial charge in [-0.25, -0.2) is 0 Å². The third kappa shape index (κ3) is 3.33. The summed E-state index contributed by atoms with van der Waals surface area (Å²) in [6, 6.07) is 17.0. The molecule has 0 radical (unpaired) electrons. The van der Waals surface area contributed by atoms with Gasteiger partial charge in [0.05, 0.1) is 21.6 Å². The Bertz CT molecular complexity index is 824. The number of halogens is 1. The summed E-state index contributed by atoms with van der Waals surface area (Å²) in [6.07, 6.45) is 1.16. The lowest BCUT2D eigenvalue weighted by atomic mass is 10.1. The van der Waals surface area contributed by atoms with Gasteiger partial charge in [0.2, 0.25) is 0 Å². The number of thiophene rings is 1. The van der Waals surface area contributed by atoms with E-state index in [2.05, 4.69) is 46.6 Å². The second kappa shape index (κ2) is 7.19. The summed E-state index contributed by atoms with van der Waals surface area (Å²) >= 11 is 7.89. The fourth-order valence-electron chi connectivity index (χ4n) is 3.35. The molecule has 3 heterocycles. The van der Waals surface area contributed by atoms with Gasteiger partial charge in [-0.1, -0.05) is 35.9 Å². The molecule has 1 aliphatic heterocycles. The van der Waals surface area contributed by atoms with Crippen LogP contribution in [0.3, 0.4) is 0 Å². The van der Waals surface area contributed by atoms with Crippen molar-refractivity contribution in [2.75, 3.05) is 26.2 Å². The van der Waals surface area contributed by atoms with Gasteiger partial charge in [-0.15, -0.1) is 11.3 Å². The molecule has 5 heteroatoms. The highest BCUT2D eigenvalue weighted by Crippen LogP contribution is 2.35. The maximum atomic E-state index is 6.23. The third-order valence-electron chi connectivity index (χ3n) is 4.50. The molecule has 24 heavy (non-hydrogen) atoms. The second-order valence-electron chi connectivity index (χ2n) is 6.11. The van der Waals surface area contributed by atoms with E-state index in [9.17, 15) is 0 Å². The van der Waals surface area contributed by atoms with Gasteiger partial charge in [0.1, 0.15) is 0 Å². The van der Waals surface area contributed by atoms with Gasteiger partial charge in [-0.3, -0.25) is 9.88 Å². The Morgan fingerprint density at radius 2 is 1.96 bits per heavy atom. The van der Waals surface area contributed by atoms with Crippen LogP contribution in [-0.4, -0.2) is 36.1 Å². The molecule has 0 aliphatic carbocycles. The molecular formula is C19H20ClN3S. The first kappa shape index (κ1) is 16.0. The fourth-order valence-corrected chi connectivity index (χ4v) is 4.56. The lowest BCUT2D eigenvalue weighted by Gasteiger charge is -2.29. The molecule has 1 aromatic carbocycles. The van der Waals surface area contributed by atoms with Crippen LogP contribution < -0.4 is 5.32 Å². The summed E-state index contributed by atoms with van der Waals surface area (Å²) < 4.78 is 0.837. The lowest BCUT2D eigenvalue weighted by Crippen LogP contribution is -2.33. The number of para-hydroxylation sites is 1. The molecule has 1 saturated heterocycles. The summed E-state index contributed by atoms with van der Waals surface area (Å²) in [5, 5.41) is 4.67. The Morgan fingerprint density at radius 1 is 1.04 bits per heavy atom. The van der Waals surface area contributed by atoms with Crippen molar-refractivity contribution < 1.29 is 0 Å². The van der Waals surface area contributed by atoms with Crippen LogP contribution in [0.4, 0.5) is 0 Å². The lowest BCUT2D eigenvalue weighted by molar-refractivity contribution is 0.240. The quantitative estimate of drug-likeness (QED) is 0.756. The number of hydrogen-bond acceptors (Lipinski definition) is 4. The molecule has 2 aromatic heterocycles. The molecule has 1 aliphatic rings. The van der Waals surface area contributed by atoms with E-state index in [0.29, 0.717) is 0 Å². The van der Waals surface area contributed by atoms with Crippen LogP contribution in [0, 0.1) is 0 Å². The predicted molar refractivity (Wildman–Crippen MR) is 102 cm³/mol. The van der Waals surface area contributed by atoms with E-state index in [1.807, 2.05) is 12.1 Å². The van der Waals surface area contributed by atoms with Crippen LogP contribution in [0.1, 0.15) is 23.0 Å². The van der Waals surface area contributed by atoms with Crippen molar-refractivity contribution in [1.82, 2.24) is 15.2 Å². The van der Waals surface area contributed by atoms with E-state index < -0.39 is 0 Å². The molecule has 0 saturated carbocycles. The van der Waals surface area contributed by atoms with Gasteiger partial charge in [0.15, 0.2) is 0 Å². The Labute approximate surface area is 151 Å². The monoisotopic (exact) mass is 357 g/mol. The Morgan fingerprint density at radius 3 is 2.83 bits per heavy atom. The van der Waals surface area contributed by atoms with Crippen molar-refractivity contribution in [3.8, 4) is 0 Å². The van der Waals surface area contributed by atoms with Crippen LogP contribution in [0.5, 0.6) is 0 Å². The van der Waals surface area contributed by atoms with Gasteiger partial charge in [-0.05, 0) is 37.2 Å². The topological polar surface area (TPSA) is 28.2 Å². The molecule has 1 fully saturated rings. The van der Waals surface area contributed by atoms with Gasteiger partial charge in [-0.2, -0.15) is 0 Å². The molecule has 0 bridgehead atoms. The van der Waals surface area contributed by atoms with Crippen LogP contribution in [-0.2, 0) is 0 Å². The molecule has 3 nitrogen and oxygen atoms in total. The number of rotatable bonds is 3. The summed E-state index contributed by atoms with van der Waals surface area (Å²) in [6.45, 7) is 4.19. The molecule has 1 unspecified atom stereocenters. The standard InChI is InChI=1S/C19H20ClN3S/c20-18-9-8-17(24-18)19(23-12-3-10-21-11-13-23)16-7-6-14-4-1-2-5-15(14)22-16/h1-2,4-9,19,21H,3,10-13H2. The van der Waals surface area contributed by atoms with E-state index in [1.165, 1.54) is 10.3 Å². The van der Waals surface area contributed by atoms with Gasteiger partial charge in [0, 0.05) is 29.9 Å². The molecule has 0 spiro atoms. The minimum Gasteiger partial charge on any atom is -0.315 e. The predicted octanol–water partition coefficient (Wildman–Crippen LogP) is 4.33. The van der Waals surface area contributed by atoms with Crippen molar-refractivity contribution >= 4 is 33.8 Å². The Kier molecular flexibility index (Phi) is 4.81. The number of nitrogens with zero attached hydrogens (tertiary/aromatic N) is 2. The molecule has 1 N–H and O–H groups in total. The zero-order chi connectivity index (χ0) is 16.4. The zero-order valence-electron chi connectivity index (χ0n) is 13.4. The second-order valence-corrected chi connectivity index (χ2v) is 7.86. The van der Waals surface area contributed by atoms with Crippen LogP contribution >= 0.6 is 22.9 Å². The number of pyridine rings is 1. The van der Waals surface area contributed by atoms with Crippen molar-refractivity contribution in [2.24, 2.45) is 0 Å². The van der Waals surface area contributed by atoms with E-state index in [0.717, 1.165) is 48.1 Å². The van der Waals surface area contributed by atoms with E-state index in [4.69, 9.17) is 16.6 Å². The largest absolute Gasteiger partial charge is 0.315 e. The molecule has 3 aromatic rings. The van der Waals surface area contributed by atoms with Crippen molar-refractivity contribution in [1.29, 1.82) is 0 Å². The first-order chi connectivity index (χ1) is 11.8.